The van der Waals surface area contributed by atoms with E-state index in [1.54, 1.807) is 0 Å². The van der Waals surface area contributed by atoms with Crippen molar-refractivity contribution in [3.05, 3.63) is 65.1 Å². The van der Waals surface area contributed by atoms with E-state index in [0.717, 1.165) is 61.5 Å². The normalized spacial score (nSPS) is 14.3. The number of benzene rings is 2. The van der Waals surface area contributed by atoms with Gasteiger partial charge in [-0.3, -0.25) is 9.89 Å². The molecule has 3 rings (SSSR count). The molecule has 1 amide bonds. The van der Waals surface area contributed by atoms with Crippen molar-refractivity contribution in [1.29, 1.82) is 0 Å². The zero-order valence-electron chi connectivity index (χ0n) is 19.3. The van der Waals surface area contributed by atoms with Gasteiger partial charge in [-0.2, -0.15) is 26.3 Å². The van der Waals surface area contributed by atoms with Crippen molar-refractivity contribution >= 4 is 23.6 Å². The van der Waals surface area contributed by atoms with E-state index >= 15 is 0 Å². The van der Waals surface area contributed by atoms with Gasteiger partial charge < -0.3 is 10.5 Å². The smallest absolute Gasteiger partial charge is 0.409 e. The minimum absolute atomic E-state index is 0.0545. The van der Waals surface area contributed by atoms with Crippen LogP contribution in [-0.2, 0) is 12.4 Å². The van der Waals surface area contributed by atoms with Crippen LogP contribution in [-0.4, -0.2) is 25.9 Å². The van der Waals surface area contributed by atoms with E-state index in [-0.39, 0.29) is 29.8 Å². The Hall–Kier alpha value is -4.01. The van der Waals surface area contributed by atoms with Gasteiger partial charge in [0.2, 0.25) is 0 Å². The average Bonchev–Trinajstić information content (AvgIpc) is 3.64. The van der Waals surface area contributed by atoms with Crippen molar-refractivity contribution in [3.8, 4) is 17.6 Å². The summed E-state index contributed by atoms with van der Waals surface area (Å²) in [5, 5.41) is 0. The highest BCUT2D eigenvalue weighted by atomic mass is 19.4. The van der Waals surface area contributed by atoms with Crippen molar-refractivity contribution in [3.63, 3.8) is 0 Å². The molecule has 0 saturated heterocycles. The first-order valence-corrected chi connectivity index (χ1v) is 10.7. The fraction of sp³-hybridized carbons (Fsp3) is 0.280. The molecule has 1 aliphatic carbocycles. The second-order valence-corrected chi connectivity index (χ2v) is 7.99. The maximum absolute atomic E-state index is 13.9. The van der Waals surface area contributed by atoms with E-state index in [4.69, 9.17) is 10.5 Å². The van der Waals surface area contributed by atoms with Crippen LogP contribution in [0, 0.1) is 23.6 Å². The second-order valence-electron chi connectivity index (χ2n) is 7.99. The largest absolute Gasteiger partial charge is 0.420 e. The fourth-order valence-corrected chi connectivity index (χ4v) is 3.06. The highest BCUT2D eigenvalue weighted by Gasteiger charge is 2.41. The summed E-state index contributed by atoms with van der Waals surface area (Å²) >= 11 is 0. The van der Waals surface area contributed by atoms with Gasteiger partial charge in [-0.1, -0.05) is 11.8 Å². The zero-order valence-corrected chi connectivity index (χ0v) is 19.3. The lowest BCUT2D eigenvalue weighted by Gasteiger charge is -2.22. The summed E-state index contributed by atoms with van der Waals surface area (Å²) in [5.41, 5.74) is 0.969. The maximum atomic E-state index is 13.9. The number of hydrogen-bond acceptors (Lipinski definition) is 4. The summed E-state index contributed by atoms with van der Waals surface area (Å²) in [7, 11) is 1.13. The van der Waals surface area contributed by atoms with E-state index in [0.29, 0.717) is 6.07 Å². The zero-order chi connectivity index (χ0) is 27.4. The topological polar surface area (TPSA) is 67.9 Å². The minimum Gasteiger partial charge on any atom is -0.409 e. The number of aliphatic imine (C=N–C) groups is 1. The lowest BCUT2D eigenvalue weighted by molar-refractivity contribution is -0.143. The third-order valence-corrected chi connectivity index (χ3v) is 5.17. The summed E-state index contributed by atoms with van der Waals surface area (Å²) in [6.45, 7) is -0.0681. The van der Waals surface area contributed by atoms with Gasteiger partial charge in [-0.25, -0.2) is 9.18 Å². The number of rotatable bonds is 5. The van der Waals surface area contributed by atoms with Crippen LogP contribution >= 0.6 is 0 Å². The van der Waals surface area contributed by atoms with Crippen molar-refractivity contribution in [2.75, 3.05) is 18.5 Å². The van der Waals surface area contributed by atoms with Crippen molar-refractivity contribution in [1.82, 2.24) is 0 Å². The number of hydrogen-bond donors (Lipinski definition) is 1. The van der Waals surface area contributed by atoms with Crippen LogP contribution in [0.2, 0.25) is 0 Å². The number of nitrogens with zero attached hydrogens (tertiary/aromatic N) is 2. The van der Waals surface area contributed by atoms with Crippen molar-refractivity contribution < 1.29 is 40.3 Å². The third-order valence-electron chi connectivity index (χ3n) is 5.17. The number of carbonyl (C=O) groups excluding carboxylic acids is 1. The van der Waals surface area contributed by atoms with E-state index in [1.165, 1.54) is 0 Å². The molecule has 37 heavy (non-hydrogen) atoms. The van der Waals surface area contributed by atoms with Gasteiger partial charge in [0.1, 0.15) is 5.82 Å². The van der Waals surface area contributed by atoms with Gasteiger partial charge in [-0.15, -0.1) is 0 Å². The molecule has 1 aliphatic rings. The van der Waals surface area contributed by atoms with Gasteiger partial charge in [0.15, 0.2) is 5.75 Å². The molecular weight excluding hydrogens is 507 g/mol. The number of amides is 1. The number of nitrogens with two attached hydrogens (primary N) is 1. The molecule has 0 bridgehead atoms. The first-order chi connectivity index (χ1) is 17.3. The molecular formula is C25H20F7N3O2. The summed E-state index contributed by atoms with van der Waals surface area (Å²) < 4.78 is 100. The molecule has 12 heteroatoms. The average molecular weight is 527 g/mol. The Morgan fingerprint density at radius 1 is 1.14 bits per heavy atom. The van der Waals surface area contributed by atoms with Gasteiger partial charge >= 0.3 is 18.4 Å². The van der Waals surface area contributed by atoms with Gasteiger partial charge in [0.05, 0.1) is 17.7 Å². The van der Waals surface area contributed by atoms with Crippen LogP contribution in [0.1, 0.15) is 29.5 Å². The molecule has 0 unspecified atom stereocenters. The summed E-state index contributed by atoms with van der Waals surface area (Å²) in [4.78, 5) is 17.4. The molecule has 5 nitrogen and oxygen atoms in total. The predicted octanol–water partition coefficient (Wildman–Crippen LogP) is 6.28. The molecule has 2 aromatic rings. The molecule has 0 radical (unpaired) electrons. The Morgan fingerprint density at radius 3 is 2.32 bits per heavy atom. The maximum Gasteiger partial charge on any atom is 0.420 e. The highest BCUT2D eigenvalue weighted by Crippen LogP contribution is 2.44. The van der Waals surface area contributed by atoms with Crippen LogP contribution in [0.4, 0.5) is 41.2 Å². The first kappa shape index (κ1) is 27.6. The molecule has 2 N–H and O–H groups in total. The summed E-state index contributed by atoms with van der Waals surface area (Å²) in [5.74, 6) is 4.08. The molecule has 1 saturated carbocycles. The molecule has 196 valence electrons. The number of alkyl halides is 6. The van der Waals surface area contributed by atoms with Gasteiger partial charge in [-0.05, 0) is 49.2 Å². The molecule has 0 heterocycles. The molecule has 0 aromatic heterocycles. The third kappa shape index (κ3) is 7.25. The van der Waals surface area contributed by atoms with E-state index < -0.39 is 46.7 Å². The number of carbonyl (C=O) groups is 1. The van der Waals surface area contributed by atoms with Crippen molar-refractivity contribution in [2.24, 2.45) is 16.6 Å². The standard InChI is InChI=1S/C25H20F7N3O2/c1-35(19-8-6-18(26)7-9-19)23(36)37-22-20(16(13-33)14-34-10-2-3-15-4-5-15)11-17(24(27,28)29)12-21(22)25(30,31)32/h6-9,11-15H,4-5,10,33H2,1H3. The second kappa shape index (κ2) is 10.9. The van der Waals surface area contributed by atoms with Crippen LogP contribution in [0.25, 0.3) is 5.57 Å². The number of halogens is 7. The van der Waals surface area contributed by atoms with Crippen molar-refractivity contribution in [2.45, 2.75) is 25.2 Å². The Kier molecular flexibility index (Phi) is 8.15. The Balaban J connectivity index is 2.07. The highest BCUT2D eigenvalue weighted by molar-refractivity contribution is 6.11. The SMILES string of the molecule is CN(C(=O)Oc1c(C(C=NCC#CC2CC2)=CN)cc(C(F)(F)F)cc1C(F)(F)F)c1ccc(F)cc1. The fourth-order valence-electron chi connectivity index (χ4n) is 3.06. The Morgan fingerprint density at radius 2 is 1.78 bits per heavy atom. The quantitative estimate of drug-likeness (QED) is 0.283. The molecule has 0 aliphatic heterocycles. The molecule has 0 spiro atoms. The van der Waals surface area contributed by atoms with Crippen LogP contribution in [0.3, 0.4) is 0 Å². The van der Waals surface area contributed by atoms with Gasteiger partial charge in [0, 0.05) is 42.2 Å². The predicted molar refractivity (Wildman–Crippen MR) is 123 cm³/mol. The first-order valence-electron chi connectivity index (χ1n) is 10.7. The van der Waals surface area contributed by atoms with Gasteiger partial charge in [0.25, 0.3) is 0 Å². The molecule has 0 atom stereocenters. The van der Waals surface area contributed by atoms with E-state index in [2.05, 4.69) is 16.8 Å². The van der Waals surface area contributed by atoms with Crippen LogP contribution < -0.4 is 15.4 Å². The summed E-state index contributed by atoms with van der Waals surface area (Å²) in [6, 6.07) is 4.56. The van der Waals surface area contributed by atoms with E-state index in [1.807, 2.05) is 0 Å². The Bertz CT molecular complexity index is 1270. The Labute approximate surface area is 207 Å². The van der Waals surface area contributed by atoms with E-state index in [9.17, 15) is 35.5 Å². The molecule has 1 fully saturated rings. The lowest BCUT2D eigenvalue weighted by atomic mass is 9.98. The number of anilines is 1. The van der Waals surface area contributed by atoms with Crippen LogP contribution in [0.15, 0.2) is 47.6 Å². The number of allylic oxidation sites excluding steroid dienone is 1. The molecule has 2 aromatic carbocycles. The number of ether oxygens (including phenoxy) is 1. The summed E-state index contributed by atoms with van der Waals surface area (Å²) in [6.07, 6.45) is -8.26. The monoisotopic (exact) mass is 527 g/mol. The lowest BCUT2D eigenvalue weighted by Crippen LogP contribution is -2.30. The minimum atomic E-state index is -5.34. The van der Waals surface area contributed by atoms with Crippen LogP contribution in [0.5, 0.6) is 5.75 Å².